The van der Waals surface area contributed by atoms with E-state index in [0.29, 0.717) is 36.5 Å². The number of rotatable bonds is 8. The van der Waals surface area contributed by atoms with Crippen molar-refractivity contribution in [2.24, 2.45) is 0 Å². The number of aliphatic hydroxyl groups is 2. The van der Waals surface area contributed by atoms with Crippen molar-refractivity contribution in [1.29, 1.82) is 0 Å². The topological polar surface area (TPSA) is 138 Å². The largest absolute Gasteiger partial charge is 0.465 e. The molecule has 1 fully saturated rings. The van der Waals surface area contributed by atoms with Crippen LogP contribution in [0.4, 0.5) is 0 Å². The van der Waals surface area contributed by atoms with Gasteiger partial charge in [-0.2, -0.15) is 0 Å². The Morgan fingerprint density at radius 1 is 0.851 bits per heavy atom. The first-order valence-electron chi connectivity index (χ1n) is 15.2. The number of carbonyl (C=O) groups excluding carboxylic acids is 3. The lowest BCUT2D eigenvalue weighted by Gasteiger charge is -2.26. The minimum atomic E-state index is -0.372. The zero-order valence-electron chi connectivity index (χ0n) is 28.1. The number of benzene rings is 2. The molecule has 2 aromatic heterocycles. The molecule has 0 radical (unpaired) electrons. The Morgan fingerprint density at radius 3 is 1.68 bits per heavy atom. The van der Waals surface area contributed by atoms with Gasteiger partial charge in [0.05, 0.1) is 64.9 Å². The fourth-order valence-electron chi connectivity index (χ4n) is 4.94. The summed E-state index contributed by atoms with van der Waals surface area (Å²) in [6.45, 7) is 16.4. The maximum absolute atomic E-state index is 12.1. The summed E-state index contributed by atoms with van der Waals surface area (Å²) in [4.78, 5) is 34.5. The molecule has 1 aliphatic heterocycles. The predicted octanol–water partition coefficient (Wildman–Crippen LogP) is 5.15. The molecule has 0 atom stereocenters. The molecule has 0 unspecified atom stereocenters. The number of aldehydes is 1. The Bertz CT molecular complexity index is 1670. The third-order valence-corrected chi connectivity index (χ3v) is 7.22. The molecule has 0 aliphatic carbocycles. The van der Waals surface area contributed by atoms with Crippen LogP contribution >= 0.6 is 0 Å². The van der Waals surface area contributed by atoms with Gasteiger partial charge in [-0.05, 0) is 37.1 Å². The highest BCUT2D eigenvalue weighted by atomic mass is 16.7. The van der Waals surface area contributed by atoms with E-state index in [1.165, 1.54) is 14.2 Å². The number of nitrogens with zero attached hydrogens (tertiary/aromatic N) is 2. The van der Waals surface area contributed by atoms with Gasteiger partial charge in [0.2, 0.25) is 0 Å². The lowest BCUT2D eigenvalue weighted by molar-refractivity contribution is -0.162. The molecular weight excluding hydrogens is 604 g/mol. The molecule has 47 heavy (non-hydrogen) atoms. The Hall–Kier alpha value is -4.55. The van der Waals surface area contributed by atoms with Crippen LogP contribution in [-0.4, -0.2) is 84.5 Å². The van der Waals surface area contributed by atoms with Crippen molar-refractivity contribution < 1.29 is 43.5 Å². The predicted molar refractivity (Wildman–Crippen MR) is 182 cm³/mol. The molecule has 2 aromatic carbocycles. The quantitative estimate of drug-likeness (QED) is 0.151. The Labute approximate surface area is 275 Å². The number of aliphatic hydroxyl groups excluding tert-OH is 2. The van der Waals surface area contributed by atoms with Gasteiger partial charge in [-0.3, -0.25) is 0 Å². The van der Waals surface area contributed by atoms with Crippen molar-refractivity contribution in [3.63, 3.8) is 0 Å². The van der Waals surface area contributed by atoms with Crippen LogP contribution in [0.5, 0.6) is 0 Å². The number of hydrogen-bond acceptors (Lipinski definition) is 9. The summed E-state index contributed by atoms with van der Waals surface area (Å²) in [6, 6.07) is 15.3. The number of carbonyl (C=O) groups is 3. The van der Waals surface area contributed by atoms with Crippen LogP contribution in [0.15, 0.2) is 72.8 Å². The monoisotopic (exact) mass is 650 g/mol. The first-order chi connectivity index (χ1) is 22.6. The van der Waals surface area contributed by atoms with Crippen LogP contribution in [0.25, 0.3) is 21.8 Å². The maximum atomic E-state index is 12.1. The lowest BCUT2D eigenvalue weighted by Crippen LogP contribution is -2.30. The second-order valence-electron chi connectivity index (χ2n) is 10.2. The molecule has 4 aromatic rings. The standard InChI is InChI=1S/C17H19NO4.C13H13NO3.C4H8O2.C2H6/c1-11-9-21-15(22-10-11)8-18-12(2)16(17(19)20-3)13-6-4-5-7-14(13)18;1-9-12(13(16)17-2)10-5-3-4-6-11(10)14(9)7-8-15;1-4(2-5)3-6;1-2/h4-7,15H,1,8-10H2,2-3H3;3-6,8H,7H2,1-2H3;5-6H,1-3H2;1-2H3. The Kier molecular flexibility index (Phi) is 15.8. The van der Waals surface area contributed by atoms with Gasteiger partial charge in [0.25, 0.3) is 0 Å². The SMILES string of the molecule is C=C(CO)CO.C=C1COC(Cn2c(C)c(C(=O)OC)c3ccccc32)OC1.CC.COC(=O)c1c(C)n(CC=O)c2ccccc12. The van der Waals surface area contributed by atoms with E-state index < -0.39 is 0 Å². The summed E-state index contributed by atoms with van der Waals surface area (Å²) < 4.78 is 24.8. The fraction of sp³-hybridized carbons (Fsp3) is 0.361. The van der Waals surface area contributed by atoms with Gasteiger partial charge < -0.3 is 43.1 Å². The van der Waals surface area contributed by atoms with Crippen molar-refractivity contribution in [1.82, 2.24) is 9.13 Å². The third-order valence-electron chi connectivity index (χ3n) is 7.22. The molecule has 1 aliphatic rings. The molecule has 0 spiro atoms. The normalized spacial score (nSPS) is 12.6. The highest BCUT2D eigenvalue weighted by Crippen LogP contribution is 2.28. The third kappa shape index (κ3) is 9.49. The van der Waals surface area contributed by atoms with Crippen LogP contribution in [0.3, 0.4) is 0 Å². The van der Waals surface area contributed by atoms with E-state index in [1.54, 1.807) is 0 Å². The molecule has 3 heterocycles. The summed E-state index contributed by atoms with van der Waals surface area (Å²) in [7, 11) is 2.75. The van der Waals surface area contributed by atoms with Gasteiger partial charge in [0, 0.05) is 33.2 Å². The first-order valence-corrected chi connectivity index (χ1v) is 15.2. The van der Waals surface area contributed by atoms with E-state index in [0.717, 1.165) is 45.1 Å². The van der Waals surface area contributed by atoms with E-state index >= 15 is 0 Å². The zero-order valence-corrected chi connectivity index (χ0v) is 28.1. The Morgan fingerprint density at radius 2 is 1.28 bits per heavy atom. The van der Waals surface area contributed by atoms with Crippen LogP contribution in [0, 0.1) is 13.8 Å². The van der Waals surface area contributed by atoms with E-state index in [9.17, 15) is 14.4 Å². The van der Waals surface area contributed by atoms with Crippen LogP contribution in [0.1, 0.15) is 46.0 Å². The van der Waals surface area contributed by atoms with Gasteiger partial charge in [-0.15, -0.1) is 0 Å². The van der Waals surface area contributed by atoms with E-state index in [-0.39, 0.29) is 38.0 Å². The average Bonchev–Trinajstić information content (AvgIpc) is 3.55. The molecule has 2 N–H and O–H groups in total. The van der Waals surface area contributed by atoms with E-state index in [2.05, 4.69) is 13.2 Å². The van der Waals surface area contributed by atoms with Crippen LogP contribution in [0.2, 0.25) is 0 Å². The summed E-state index contributed by atoms with van der Waals surface area (Å²) in [5.74, 6) is -0.699. The molecule has 11 heteroatoms. The minimum Gasteiger partial charge on any atom is -0.465 e. The summed E-state index contributed by atoms with van der Waals surface area (Å²) >= 11 is 0. The zero-order chi connectivity index (χ0) is 35.1. The van der Waals surface area contributed by atoms with E-state index in [4.69, 9.17) is 29.2 Å². The summed E-state index contributed by atoms with van der Waals surface area (Å²) in [6.07, 6.45) is 0.478. The van der Waals surface area contributed by atoms with Crippen molar-refractivity contribution in [2.45, 2.75) is 47.1 Å². The molecule has 11 nitrogen and oxygen atoms in total. The second kappa shape index (κ2) is 19.2. The summed E-state index contributed by atoms with van der Waals surface area (Å²) in [5.41, 5.74) is 5.96. The number of para-hydroxylation sites is 2. The minimum absolute atomic E-state index is 0.115. The second-order valence-corrected chi connectivity index (χ2v) is 10.2. The van der Waals surface area contributed by atoms with Gasteiger partial charge in [-0.1, -0.05) is 63.4 Å². The summed E-state index contributed by atoms with van der Waals surface area (Å²) in [5, 5.41) is 17.9. The van der Waals surface area contributed by atoms with E-state index in [1.807, 2.05) is 85.4 Å². The number of fused-ring (bicyclic) bond motifs is 2. The van der Waals surface area contributed by atoms with Crippen molar-refractivity contribution in [3.05, 3.63) is 95.3 Å². The van der Waals surface area contributed by atoms with Gasteiger partial charge in [0.1, 0.15) is 6.29 Å². The van der Waals surface area contributed by atoms with Gasteiger partial charge in [-0.25, -0.2) is 9.59 Å². The number of esters is 2. The Balaban J connectivity index is 0.000000273. The fourth-order valence-corrected chi connectivity index (χ4v) is 4.94. The highest BCUT2D eigenvalue weighted by molar-refractivity contribution is 6.06. The van der Waals surface area contributed by atoms with Gasteiger partial charge >= 0.3 is 11.9 Å². The number of methoxy groups -OCH3 is 2. The molecular formula is C36H46N2O9. The average molecular weight is 651 g/mol. The molecule has 5 rings (SSSR count). The smallest absolute Gasteiger partial charge is 0.340 e. The molecule has 254 valence electrons. The van der Waals surface area contributed by atoms with Crippen LogP contribution in [-0.2, 0) is 36.8 Å². The number of aromatic nitrogens is 2. The molecule has 0 bridgehead atoms. The number of hydrogen-bond donors (Lipinski definition) is 2. The molecule has 1 saturated heterocycles. The van der Waals surface area contributed by atoms with Gasteiger partial charge in [0.15, 0.2) is 6.29 Å². The first kappa shape index (κ1) is 38.6. The molecule has 0 saturated carbocycles. The van der Waals surface area contributed by atoms with Crippen molar-refractivity contribution in [3.8, 4) is 0 Å². The maximum Gasteiger partial charge on any atom is 0.340 e. The van der Waals surface area contributed by atoms with Crippen molar-refractivity contribution in [2.75, 3.05) is 40.6 Å². The number of ether oxygens (including phenoxy) is 4. The van der Waals surface area contributed by atoms with Crippen molar-refractivity contribution >= 4 is 40.0 Å². The lowest BCUT2D eigenvalue weighted by atomic mass is 10.1. The highest BCUT2D eigenvalue weighted by Gasteiger charge is 2.24. The molecule has 0 amide bonds. The van der Waals surface area contributed by atoms with Crippen LogP contribution < -0.4 is 0 Å².